The molecule has 0 aliphatic heterocycles. The summed E-state index contributed by atoms with van der Waals surface area (Å²) in [7, 11) is 1.44. The van der Waals surface area contributed by atoms with Gasteiger partial charge >= 0.3 is 0 Å². The quantitative estimate of drug-likeness (QED) is 0.830. The highest BCUT2D eigenvalue weighted by atomic mass is 19.1. The van der Waals surface area contributed by atoms with Crippen LogP contribution >= 0.6 is 0 Å². The van der Waals surface area contributed by atoms with Gasteiger partial charge in [-0.1, -0.05) is 13.8 Å². The van der Waals surface area contributed by atoms with E-state index >= 15 is 0 Å². The number of rotatable bonds is 6. The lowest BCUT2D eigenvalue weighted by atomic mass is 9.94. The maximum atomic E-state index is 13.2. The molecule has 0 fully saturated rings. The van der Waals surface area contributed by atoms with Gasteiger partial charge in [0.1, 0.15) is 11.6 Å². The molecule has 0 radical (unpaired) electrons. The molecule has 3 N–H and O–H groups in total. The number of ether oxygens (including phenoxy) is 1. The average Bonchev–Trinajstić information content (AvgIpc) is 2.44. The van der Waals surface area contributed by atoms with Gasteiger partial charge in [-0.2, -0.15) is 0 Å². The normalized spacial score (nSPS) is 11.2. The molecule has 4 nitrogen and oxygen atoms in total. The lowest BCUT2D eigenvalue weighted by molar-refractivity contribution is 0.0938. The van der Waals surface area contributed by atoms with Crippen LogP contribution in [0.4, 0.5) is 4.39 Å². The Kier molecular flexibility index (Phi) is 5.30. The van der Waals surface area contributed by atoms with Gasteiger partial charge in [-0.15, -0.1) is 0 Å². The number of hydrogen-bond acceptors (Lipinski definition) is 3. The van der Waals surface area contributed by atoms with E-state index in [0.717, 1.165) is 18.9 Å². The molecule has 5 heteroatoms. The van der Waals surface area contributed by atoms with Gasteiger partial charge in [0.2, 0.25) is 0 Å². The van der Waals surface area contributed by atoms with E-state index in [0.29, 0.717) is 12.3 Å². The summed E-state index contributed by atoms with van der Waals surface area (Å²) in [5.74, 6) is -0.515. The van der Waals surface area contributed by atoms with Gasteiger partial charge in [0.25, 0.3) is 5.91 Å². The molecule has 0 aliphatic carbocycles. The van der Waals surface area contributed by atoms with E-state index in [9.17, 15) is 9.18 Å². The summed E-state index contributed by atoms with van der Waals surface area (Å²) < 4.78 is 18.2. The Balaban J connectivity index is 2.81. The second-order valence-electron chi connectivity index (χ2n) is 4.60. The number of halogens is 1. The van der Waals surface area contributed by atoms with Gasteiger partial charge in [-0.3, -0.25) is 4.79 Å². The van der Waals surface area contributed by atoms with Gasteiger partial charge < -0.3 is 15.8 Å². The Morgan fingerprint density at radius 1 is 1.42 bits per heavy atom. The van der Waals surface area contributed by atoms with Crippen LogP contribution in [0.1, 0.15) is 37.0 Å². The first-order chi connectivity index (χ1) is 8.95. The van der Waals surface area contributed by atoms with Crippen molar-refractivity contribution in [1.82, 2.24) is 5.32 Å². The van der Waals surface area contributed by atoms with Crippen LogP contribution in [-0.4, -0.2) is 25.1 Å². The maximum Gasteiger partial charge on any atom is 0.255 e. The van der Waals surface area contributed by atoms with Crippen molar-refractivity contribution in [2.24, 2.45) is 5.73 Å². The summed E-state index contributed by atoms with van der Waals surface area (Å²) in [5, 5.41) is 2.73. The third-order valence-electron chi connectivity index (χ3n) is 3.42. The largest absolute Gasteiger partial charge is 0.496 e. The van der Waals surface area contributed by atoms with Crippen LogP contribution in [0.25, 0.3) is 0 Å². The fourth-order valence-electron chi connectivity index (χ4n) is 1.71. The Morgan fingerprint density at radius 3 is 2.58 bits per heavy atom. The van der Waals surface area contributed by atoms with E-state index in [2.05, 4.69) is 5.32 Å². The van der Waals surface area contributed by atoms with E-state index in [-0.39, 0.29) is 11.5 Å². The molecule has 1 rings (SSSR count). The number of hydrogen-bond donors (Lipinski definition) is 2. The highest BCUT2D eigenvalue weighted by molar-refractivity contribution is 5.97. The van der Waals surface area contributed by atoms with Crippen LogP contribution in [-0.2, 0) is 0 Å². The zero-order valence-corrected chi connectivity index (χ0v) is 11.6. The number of nitrogens with one attached hydrogen (secondary N) is 1. The van der Waals surface area contributed by atoms with E-state index in [1.807, 2.05) is 13.8 Å². The van der Waals surface area contributed by atoms with Crippen molar-refractivity contribution in [1.29, 1.82) is 0 Å². The lowest BCUT2D eigenvalue weighted by Crippen LogP contribution is -2.49. The van der Waals surface area contributed by atoms with E-state index < -0.39 is 11.4 Å². The standard InChI is InChI=1S/C14H21FN2O2/c1-4-14(16,5-2)9-17-13(18)11-8-10(15)6-7-12(11)19-3/h6-8H,4-5,9,16H2,1-3H3,(H,17,18). The topological polar surface area (TPSA) is 64.3 Å². The molecule has 0 bridgehead atoms. The van der Waals surface area contributed by atoms with Crippen molar-refractivity contribution in [3.8, 4) is 5.75 Å². The van der Waals surface area contributed by atoms with Gasteiger partial charge in [-0.25, -0.2) is 4.39 Å². The minimum atomic E-state index is -0.476. The van der Waals surface area contributed by atoms with Crippen LogP contribution in [0.3, 0.4) is 0 Å². The van der Waals surface area contributed by atoms with E-state index in [1.54, 1.807) is 0 Å². The van der Waals surface area contributed by atoms with Crippen LogP contribution in [0, 0.1) is 5.82 Å². The van der Waals surface area contributed by atoms with Crippen LogP contribution in [0.15, 0.2) is 18.2 Å². The fourth-order valence-corrected chi connectivity index (χ4v) is 1.71. The Hall–Kier alpha value is -1.62. The van der Waals surface area contributed by atoms with Crippen LogP contribution in [0.2, 0.25) is 0 Å². The first-order valence-electron chi connectivity index (χ1n) is 6.36. The third-order valence-corrected chi connectivity index (χ3v) is 3.42. The van der Waals surface area contributed by atoms with Gasteiger partial charge in [0.05, 0.1) is 12.7 Å². The molecule has 0 unspecified atom stereocenters. The van der Waals surface area contributed by atoms with Crippen molar-refractivity contribution >= 4 is 5.91 Å². The van der Waals surface area contributed by atoms with Crippen LogP contribution in [0.5, 0.6) is 5.75 Å². The predicted molar refractivity (Wildman–Crippen MR) is 72.8 cm³/mol. The fraction of sp³-hybridized carbons (Fsp3) is 0.500. The summed E-state index contributed by atoms with van der Waals surface area (Å²) in [6, 6.07) is 3.84. The molecule has 0 aromatic heterocycles. The maximum absolute atomic E-state index is 13.2. The summed E-state index contributed by atoms with van der Waals surface area (Å²) in [4.78, 5) is 12.0. The molecule has 0 spiro atoms. The smallest absolute Gasteiger partial charge is 0.255 e. The SMILES string of the molecule is CCC(N)(CC)CNC(=O)c1cc(F)ccc1OC. The number of amides is 1. The molecule has 0 heterocycles. The number of carbonyl (C=O) groups excluding carboxylic acids is 1. The highest BCUT2D eigenvalue weighted by Crippen LogP contribution is 2.19. The zero-order valence-electron chi connectivity index (χ0n) is 11.6. The lowest BCUT2D eigenvalue weighted by Gasteiger charge is -2.26. The minimum Gasteiger partial charge on any atom is -0.496 e. The number of nitrogens with two attached hydrogens (primary N) is 1. The van der Waals surface area contributed by atoms with Crippen molar-refractivity contribution in [3.05, 3.63) is 29.6 Å². The number of benzene rings is 1. The molecule has 0 saturated carbocycles. The third kappa shape index (κ3) is 3.92. The summed E-state index contributed by atoms with van der Waals surface area (Å²) in [6.45, 7) is 4.29. The molecule has 0 atom stereocenters. The summed E-state index contributed by atoms with van der Waals surface area (Å²) >= 11 is 0. The van der Waals surface area contributed by atoms with Crippen LogP contribution < -0.4 is 15.8 Å². The molecular weight excluding hydrogens is 247 g/mol. The number of carbonyl (C=O) groups is 1. The van der Waals surface area contributed by atoms with Crippen molar-refractivity contribution < 1.29 is 13.9 Å². The highest BCUT2D eigenvalue weighted by Gasteiger charge is 2.22. The molecule has 19 heavy (non-hydrogen) atoms. The minimum absolute atomic E-state index is 0.178. The zero-order chi connectivity index (χ0) is 14.5. The molecule has 0 saturated heterocycles. The summed E-state index contributed by atoms with van der Waals surface area (Å²) in [6.07, 6.45) is 1.51. The Labute approximate surface area is 113 Å². The van der Waals surface area contributed by atoms with Gasteiger partial charge in [0.15, 0.2) is 0 Å². The van der Waals surface area contributed by atoms with Gasteiger partial charge in [0, 0.05) is 12.1 Å². The predicted octanol–water partition coefficient (Wildman–Crippen LogP) is 2.08. The molecule has 1 aromatic carbocycles. The molecule has 1 amide bonds. The van der Waals surface area contributed by atoms with E-state index in [4.69, 9.17) is 10.5 Å². The Morgan fingerprint density at radius 2 is 2.05 bits per heavy atom. The Bertz CT molecular complexity index is 445. The molecule has 0 aliphatic rings. The monoisotopic (exact) mass is 268 g/mol. The first kappa shape index (κ1) is 15.4. The molecule has 106 valence electrons. The first-order valence-corrected chi connectivity index (χ1v) is 6.36. The molecular formula is C14H21FN2O2. The average molecular weight is 268 g/mol. The number of methoxy groups -OCH3 is 1. The van der Waals surface area contributed by atoms with Crippen molar-refractivity contribution in [2.75, 3.05) is 13.7 Å². The molecule has 1 aromatic rings. The second-order valence-corrected chi connectivity index (χ2v) is 4.60. The van der Waals surface area contributed by atoms with E-state index in [1.165, 1.54) is 19.2 Å². The van der Waals surface area contributed by atoms with Gasteiger partial charge in [-0.05, 0) is 31.0 Å². The second kappa shape index (κ2) is 6.52. The summed E-state index contributed by atoms with van der Waals surface area (Å²) in [5.41, 5.74) is 5.85. The van der Waals surface area contributed by atoms with Crippen molar-refractivity contribution in [3.63, 3.8) is 0 Å². The van der Waals surface area contributed by atoms with Crippen molar-refractivity contribution in [2.45, 2.75) is 32.2 Å².